The number of ether oxygens (including phenoxy) is 1. The van der Waals surface area contributed by atoms with Crippen LogP contribution in [-0.2, 0) is 16.0 Å². The highest BCUT2D eigenvalue weighted by Gasteiger charge is 2.22. The Morgan fingerprint density at radius 2 is 1.61 bits per heavy atom. The fraction of sp³-hybridized carbons (Fsp3) is 0.222. The Labute approximate surface area is 198 Å². The molecule has 0 aliphatic carbocycles. The summed E-state index contributed by atoms with van der Waals surface area (Å²) in [5.41, 5.74) is 3.79. The van der Waals surface area contributed by atoms with E-state index in [4.69, 9.17) is 4.74 Å². The monoisotopic (exact) mass is 461 g/mol. The quantitative estimate of drug-likeness (QED) is 0.251. The number of carbonyl (C=O) groups excluding carboxylic acids is 3. The lowest BCUT2D eigenvalue weighted by Gasteiger charge is -2.14. The zero-order valence-electron chi connectivity index (χ0n) is 19.0. The van der Waals surface area contributed by atoms with Gasteiger partial charge in [-0.1, -0.05) is 61.0 Å². The summed E-state index contributed by atoms with van der Waals surface area (Å²) in [7, 11) is 0. The number of aryl methyl sites for hydroxylation is 2. The molecule has 1 atom stereocenters. The van der Waals surface area contributed by atoms with Gasteiger partial charge >= 0.3 is 5.97 Å². The van der Waals surface area contributed by atoms with Gasteiger partial charge in [0.1, 0.15) is 0 Å². The van der Waals surface area contributed by atoms with Crippen LogP contribution in [0.5, 0.6) is 0 Å². The number of hydrogen-bond donors (Lipinski definition) is 1. The van der Waals surface area contributed by atoms with Crippen molar-refractivity contribution < 1.29 is 19.1 Å². The van der Waals surface area contributed by atoms with Gasteiger partial charge in [-0.25, -0.2) is 4.79 Å². The lowest BCUT2D eigenvalue weighted by atomic mass is 10.0. The fourth-order valence-electron chi connectivity index (χ4n) is 3.16. The van der Waals surface area contributed by atoms with Crippen molar-refractivity contribution in [1.82, 2.24) is 0 Å². The lowest BCUT2D eigenvalue weighted by Crippen LogP contribution is -2.24. The molecule has 0 aliphatic rings. The van der Waals surface area contributed by atoms with Crippen LogP contribution in [0.1, 0.15) is 45.7 Å². The topological polar surface area (TPSA) is 72.5 Å². The molecule has 0 bridgehead atoms. The van der Waals surface area contributed by atoms with E-state index in [2.05, 4.69) is 5.32 Å². The Balaban J connectivity index is 1.61. The molecular formula is C27H27NO4S. The van der Waals surface area contributed by atoms with E-state index in [0.717, 1.165) is 23.2 Å². The summed E-state index contributed by atoms with van der Waals surface area (Å²) in [6.45, 7) is 5.59. The van der Waals surface area contributed by atoms with Crippen LogP contribution in [0.3, 0.4) is 0 Å². The van der Waals surface area contributed by atoms with Crippen LogP contribution in [0.2, 0.25) is 0 Å². The summed E-state index contributed by atoms with van der Waals surface area (Å²) < 4.78 is 5.46. The van der Waals surface area contributed by atoms with E-state index < -0.39 is 12.1 Å². The maximum Gasteiger partial charge on any atom is 0.339 e. The maximum atomic E-state index is 12.8. The minimum absolute atomic E-state index is 0.135. The zero-order valence-corrected chi connectivity index (χ0v) is 19.8. The van der Waals surface area contributed by atoms with Crippen LogP contribution < -0.4 is 5.32 Å². The predicted molar refractivity (Wildman–Crippen MR) is 132 cm³/mol. The van der Waals surface area contributed by atoms with Crippen LogP contribution in [-0.4, -0.2) is 29.5 Å². The number of thioether (sulfide) groups is 1. The molecule has 170 valence electrons. The molecule has 1 unspecified atom stereocenters. The highest BCUT2D eigenvalue weighted by molar-refractivity contribution is 8.00. The van der Waals surface area contributed by atoms with Crippen molar-refractivity contribution in [2.24, 2.45) is 0 Å². The maximum absolute atomic E-state index is 12.8. The first kappa shape index (κ1) is 24.3. The standard InChI is InChI=1S/C27H27NO4S/c1-4-20-11-13-21(14-12-20)26(30)19(3)32-27(31)23-7-5-6-8-24(23)33-17-25(29)28-22-15-9-18(2)10-16-22/h5-16,19H,4,17H2,1-3H3,(H,28,29). The van der Waals surface area contributed by atoms with Crippen molar-refractivity contribution in [2.75, 3.05) is 11.1 Å². The molecular weight excluding hydrogens is 434 g/mol. The Kier molecular flexibility index (Phi) is 8.44. The number of Topliss-reactive ketones (excluding diaryl/α,β-unsaturated/α-hetero) is 1. The van der Waals surface area contributed by atoms with Gasteiger partial charge in [-0.3, -0.25) is 9.59 Å². The second-order valence-corrected chi connectivity index (χ2v) is 8.68. The molecule has 0 aromatic heterocycles. The largest absolute Gasteiger partial charge is 0.451 e. The zero-order chi connectivity index (χ0) is 23.8. The van der Waals surface area contributed by atoms with E-state index in [-0.39, 0.29) is 17.4 Å². The number of amides is 1. The molecule has 33 heavy (non-hydrogen) atoms. The molecule has 3 aromatic rings. The van der Waals surface area contributed by atoms with E-state index in [0.29, 0.717) is 16.0 Å². The number of rotatable bonds is 9. The van der Waals surface area contributed by atoms with Crippen LogP contribution in [0.25, 0.3) is 0 Å². The smallest absolute Gasteiger partial charge is 0.339 e. The molecule has 1 amide bonds. The summed E-state index contributed by atoms with van der Waals surface area (Å²) >= 11 is 1.24. The number of hydrogen-bond acceptors (Lipinski definition) is 5. The van der Waals surface area contributed by atoms with Crippen molar-refractivity contribution in [3.63, 3.8) is 0 Å². The van der Waals surface area contributed by atoms with Crippen molar-refractivity contribution in [3.8, 4) is 0 Å². The molecule has 3 rings (SSSR count). The average Bonchev–Trinajstić information content (AvgIpc) is 2.84. The highest BCUT2D eigenvalue weighted by atomic mass is 32.2. The molecule has 0 spiro atoms. The summed E-state index contributed by atoms with van der Waals surface area (Å²) in [5, 5.41) is 2.84. The minimum Gasteiger partial charge on any atom is -0.451 e. The van der Waals surface area contributed by atoms with Crippen molar-refractivity contribution in [2.45, 2.75) is 38.2 Å². The van der Waals surface area contributed by atoms with Crippen LogP contribution in [0, 0.1) is 6.92 Å². The molecule has 1 N–H and O–H groups in total. The van der Waals surface area contributed by atoms with Gasteiger partial charge in [-0.05, 0) is 50.1 Å². The van der Waals surface area contributed by atoms with E-state index in [1.54, 1.807) is 43.3 Å². The number of carbonyl (C=O) groups is 3. The van der Waals surface area contributed by atoms with Gasteiger partial charge in [0.25, 0.3) is 0 Å². The van der Waals surface area contributed by atoms with E-state index in [1.165, 1.54) is 11.8 Å². The molecule has 3 aromatic carbocycles. The molecule has 0 fully saturated rings. The fourth-order valence-corrected chi connectivity index (χ4v) is 4.00. The number of benzene rings is 3. The normalized spacial score (nSPS) is 11.5. The molecule has 0 aliphatic heterocycles. The van der Waals surface area contributed by atoms with Gasteiger partial charge in [0, 0.05) is 16.1 Å². The van der Waals surface area contributed by atoms with Crippen molar-refractivity contribution >= 4 is 35.1 Å². The molecule has 6 heteroatoms. The SMILES string of the molecule is CCc1ccc(C(=O)C(C)OC(=O)c2ccccc2SCC(=O)Nc2ccc(C)cc2)cc1. The lowest BCUT2D eigenvalue weighted by molar-refractivity contribution is -0.113. The van der Waals surface area contributed by atoms with E-state index in [1.807, 2.05) is 50.2 Å². The number of esters is 1. The predicted octanol–water partition coefficient (Wildman–Crippen LogP) is 5.72. The first-order chi connectivity index (χ1) is 15.9. The molecule has 0 heterocycles. The first-order valence-electron chi connectivity index (χ1n) is 10.8. The molecule has 5 nitrogen and oxygen atoms in total. The Morgan fingerprint density at radius 1 is 0.939 bits per heavy atom. The van der Waals surface area contributed by atoms with Gasteiger partial charge in [0.05, 0.1) is 11.3 Å². The number of ketones is 1. The van der Waals surface area contributed by atoms with Crippen LogP contribution in [0.4, 0.5) is 5.69 Å². The van der Waals surface area contributed by atoms with Crippen LogP contribution >= 0.6 is 11.8 Å². The third-order valence-corrected chi connectivity index (χ3v) is 6.17. The average molecular weight is 462 g/mol. The third-order valence-electron chi connectivity index (χ3n) is 5.10. The first-order valence-corrected chi connectivity index (χ1v) is 11.8. The Morgan fingerprint density at radius 3 is 2.27 bits per heavy atom. The highest BCUT2D eigenvalue weighted by Crippen LogP contribution is 2.24. The van der Waals surface area contributed by atoms with Crippen molar-refractivity contribution in [1.29, 1.82) is 0 Å². The second kappa shape index (κ2) is 11.5. The van der Waals surface area contributed by atoms with Crippen molar-refractivity contribution in [3.05, 3.63) is 95.1 Å². The molecule has 0 saturated heterocycles. The minimum atomic E-state index is -0.923. The summed E-state index contributed by atoms with van der Waals surface area (Å²) in [6, 6.07) is 21.8. The second-order valence-electron chi connectivity index (χ2n) is 7.66. The summed E-state index contributed by atoms with van der Waals surface area (Å²) in [6.07, 6.45) is -0.0379. The molecule has 0 radical (unpaired) electrons. The van der Waals surface area contributed by atoms with Gasteiger partial charge in [0.15, 0.2) is 6.10 Å². The number of anilines is 1. The van der Waals surface area contributed by atoms with Gasteiger partial charge < -0.3 is 10.1 Å². The summed E-state index contributed by atoms with van der Waals surface area (Å²) in [5.74, 6) is -0.890. The van der Waals surface area contributed by atoms with Crippen LogP contribution in [0.15, 0.2) is 77.7 Å². The van der Waals surface area contributed by atoms with Gasteiger partial charge in [0.2, 0.25) is 11.7 Å². The summed E-state index contributed by atoms with van der Waals surface area (Å²) in [4.78, 5) is 38.4. The molecule has 0 saturated carbocycles. The Bertz CT molecular complexity index is 1120. The number of nitrogens with one attached hydrogen (secondary N) is 1. The van der Waals surface area contributed by atoms with Gasteiger partial charge in [-0.15, -0.1) is 11.8 Å². The van der Waals surface area contributed by atoms with E-state index in [9.17, 15) is 14.4 Å². The third kappa shape index (κ3) is 6.80. The van der Waals surface area contributed by atoms with Gasteiger partial charge in [-0.2, -0.15) is 0 Å². The Hall–Kier alpha value is -3.38. The van der Waals surface area contributed by atoms with E-state index >= 15 is 0 Å².